The molecule has 1 heterocycles. The Labute approximate surface area is 136 Å². The molecule has 1 saturated heterocycles. The molecule has 0 N–H and O–H groups in total. The minimum absolute atomic E-state index is 0.508. The first-order valence-electron chi connectivity index (χ1n) is 7.51. The lowest BCUT2D eigenvalue weighted by Crippen LogP contribution is -2.40. The van der Waals surface area contributed by atoms with Crippen LogP contribution in [-0.2, 0) is 11.2 Å². The molecule has 0 aromatic heterocycles. The van der Waals surface area contributed by atoms with Crippen LogP contribution in [0.4, 0.5) is 0 Å². The fourth-order valence-corrected chi connectivity index (χ4v) is 3.26. The number of rotatable bonds is 7. The molecule has 0 aliphatic carbocycles. The zero-order valence-corrected chi connectivity index (χ0v) is 13.9. The summed E-state index contributed by atoms with van der Waals surface area (Å²) in [6, 6.07) is 6.15. The normalized spacial score (nSPS) is 18.9. The molecule has 1 amide bonds. The standard InChI is InChI=1S/C16H22Cl2N2O/c1-2-20-8-3-4-14(20)11-19(12-21)9-7-13-5-6-15(17)16(18)10-13/h5-6,10,12,14H,2-4,7-9,11H2,1H3/t14-/m1/s1. The van der Waals surface area contributed by atoms with Crippen LogP contribution in [0.3, 0.4) is 0 Å². The maximum atomic E-state index is 11.3. The van der Waals surface area contributed by atoms with Crippen LogP contribution < -0.4 is 0 Å². The molecule has 0 saturated carbocycles. The number of hydrogen-bond donors (Lipinski definition) is 0. The average molecular weight is 329 g/mol. The molecule has 1 aromatic carbocycles. The number of likely N-dealkylation sites (N-methyl/N-ethyl adjacent to an activating group) is 1. The molecule has 3 nitrogen and oxygen atoms in total. The Hall–Kier alpha value is -0.770. The van der Waals surface area contributed by atoms with E-state index >= 15 is 0 Å². The summed E-state index contributed by atoms with van der Waals surface area (Å²) in [5, 5.41) is 1.14. The van der Waals surface area contributed by atoms with Crippen LogP contribution in [0.2, 0.25) is 10.0 Å². The van der Waals surface area contributed by atoms with Gasteiger partial charge in [-0.05, 0) is 50.0 Å². The molecule has 116 valence electrons. The van der Waals surface area contributed by atoms with Crippen LogP contribution in [0.1, 0.15) is 25.3 Å². The molecule has 1 aromatic rings. The number of likely N-dealkylation sites (tertiary alicyclic amines) is 1. The number of nitrogens with zero attached hydrogens (tertiary/aromatic N) is 2. The minimum Gasteiger partial charge on any atom is -0.343 e. The van der Waals surface area contributed by atoms with Crippen molar-refractivity contribution in [1.82, 2.24) is 9.80 Å². The Kier molecular flexibility index (Phi) is 6.34. The van der Waals surface area contributed by atoms with Gasteiger partial charge < -0.3 is 4.90 Å². The highest BCUT2D eigenvalue weighted by molar-refractivity contribution is 6.42. The van der Waals surface area contributed by atoms with Gasteiger partial charge in [-0.1, -0.05) is 36.2 Å². The molecule has 1 aliphatic rings. The fraction of sp³-hybridized carbons (Fsp3) is 0.562. The zero-order valence-electron chi connectivity index (χ0n) is 12.4. The van der Waals surface area contributed by atoms with E-state index < -0.39 is 0 Å². The highest BCUT2D eigenvalue weighted by Crippen LogP contribution is 2.23. The molecule has 0 spiro atoms. The first-order valence-corrected chi connectivity index (χ1v) is 8.27. The van der Waals surface area contributed by atoms with Crippen LogP contribution in [0.15, 0.2) is 18.2 Å². The molecule has 0 bridgehead atoms. The first-order chi connectivity index (χ1) is 10.1. The fourth-order valence-electron chi connectivity index (χ4n) is 2.94. The average Bonchev–Trinajstić information content (AvgIpc) is 2.94. The van der Waals surface area contributed by atoms with Crippen molar-refractivity contribution in [2.24, 2.45) is 0 Å². The van der Waals surface area contributed by atoms with E-state index in [1.807, 2.05) is 17.0 Å². The number of hydrogen-bond acceptors (Lipinski definition) is 2. The summed E-state index contributed by atoms with van der Waals surface area (Å²) in [6.07, 6.45) is 4.18. The molecule has 5 heteroatoms. The monoisotopic (exact) mass is 328 g/mol. The van der Waals surface area contributed by atoms with E-state index in [0.717, 1.165) is 44.6 Å². The van der Waals surface area contributed by atoms with E-state index in [4.69, 9.17) is 23.2 Å². The van der Waals surface area contributed by atoms with E-state index in [2.05, 4.69) is 11.8 Å². The number of amides is 1. The number of halogens is 2. The Morgan fingerprint density at radius 1 is 1.38 bits per heavy atom. The molecule has 1 aliphatic heterocycles. The van der Waals surface area contributed by atoms with E-state index in [1.54, 1.807) is 6.07 Å². The van der Waals surface area contributed by atoms with Gasteiger partial charge in [0.25, 0.3) is 0 Å². The number of benzene rings is 1. The van der Waals surface area contributed by atoms with Crippen LogP contribution >= 0.6 is 23.2 Å². The Bertz CT molecular complexity index is 481. The van der Waals surface area contributed by atoms with Crippen molar-refractivity contribution in [1.29, 1.82) is 0 Å². The summed E-state index contributed by atoms with van der Waals surface area (Å²) in [5.41, 5.74) is 1.11. The predicted molar refractivity (Wildman–Crippen MR) is 88.1 cm³/mol. The summed E-state index contributed by atoms with van der Waals surface area (Å²) in [7, 11) is 0. The largest absolute Gasteiger partial charge is 0.343 e. The van der Waals surface area contributed by atoms with Gasteiger partial charge in [0.15, 0.2) is 0 Å². The molecule has 1 fully saturated rings. The van der Waals surface area contributed by atoms with Crippen molar-refractivity contribution in [3.05, 3.63) is 33.8 Å². The number of carbonyl (C=O) groups is 1. The SMILES string of the molecule is CCN1CCC[C@@H]1CN(C=O)CCc1ccc(Cl)c(Cl)c1. The highest BCUT2D eigenvalue weighted by atomic mass is 35.5. The van der Waals surface area contributed by atoms with Crippen LogP contribution in [0.5, 0.6) is 0 Å². The van der Waals surface area contributed by atoms with Gasteiger partial charge in [-0.2, -0.15) is 0 Å². The molecule has 2 rings (SSSR count). The molecule has 0 unspecified atom stereocenters. The smallest absolute Gasteiger partial charge is 0.209 e. The van der Waals surface area contributed by atoms with Crippen LogP contribution in [-0.4, -0.2) is 48.4 Å². The van der Waals surface area contributed by atoms with E-state index in [9.17, 15) is 4.79 Å². The highest BCUT2D eigenvalue weighted by Gasteiger charge is 2.24. The summed E-state index contributed by atoms with van der Waals surface area (Å²) < 4.78 is 0. The molecular formula is C16H22Cl2N2O. The van der Waals surface area contributed by atoms with Gasteiger partial charge >= 0.3 is 0 Å². The quantitative estimate of drug-likeness (QED) is 0.715. The van der Waals surface area contributed by atoms with Crippen molar-refractivity contribution in [3.63, 3.8) is 0 Å². The van der Waals surface area contributed by atoms with Gasteiger partial charge in [0.05, 0.1) is 10.0 Å². The van der Waals surface area contributed by atoms with Gasteiger partial charge in [0, 0.05) is 19.1 Å². The lowest BCUT2D eigenvalue weighted by atomic mass is 10.1. The second-order valence-corrected chi connectivity index (χ2v) is 6.34. The summed E-state index contributed by atoms with van der Waals surface area (Å²) >= 11 is 11.9. The molecule has 1 atom stereocenters. The lowest BCUT2D eigenvalue weighted by Gasteiger charge is -2.27. The number of carbonyl (C=O) groups excluding carboxylic acids is 1. The minimum atomic E-state index is 0.508. The van der Waals surface area contributed by atoms with Gasteiger partial charge in [-0.3, -0.25) is 9.69 Å². The Balaban J connectivity index is 1.87. The maximum absolute atomic E-state index is 11.3. The zero-order chi connectivity index (χ0) is 15.2. The topological polar surface area (TPSA) is 23.6 Å². The second-order valence-electron chi connectivity index (χ2n) is 5.52. The van der Waals surface area contributed by atoms with Gasteiger partial charge in [-0.15, -0.1) is 0 Å². The predicted octanol–water partition coefficient (Wildman–Crippen LogP) is 3.48. The van der Waals surface area contributed by atoms with E-state index in [1.165, 1.54) is 12.8 Å². The van der Waals surface area contributed by atoms with Crippen molar-refractivity contribution >= 4 is 29.6 Å². The summed E-state index contributed by atoms with van der Waals surface area (Å²) in [4.78, 5) is 15.6. The van der Waals surface area contributed by atoms with Crippen molar-refractivity contribution in [3.8, 4) is 0 Å². The molecule has 0 radical (unpaired) electrons. The summed E-state index contributed by atoms with van der Waals surface area (Å²) in [6.45, 7) is 5.93. The van der Waals surface area contributed by atoms with Gasteiger partial charge in [0.1, 0.15) is 0 Å². The second kappa shape index (κ2) is 8.02. The molecule has 21 heavy (non-hydrogen) atoms. The van der Waals surface area contributed by atoms with Crippen LogP contribution in [0, 0.1) is 0 Å². The van der Waals surface area contributed by atoms with Gasteiger partial charge in [0.2, 0.25) is 6.41 Å². The lowest BCUT2D eigenvalue weighted by molar-refractivity contribution is -0.118. The Morgan fingerprint density at radius 2 is 2.19 bits per heavy atom. The third-order valence-electron chi connectivity index (χ3n) is 4.17. The first kappa shape index (κ1) is 16.6. The molecular weight excluding hydrogens is 307 g/mol. The maximum Gasteiger partial charge on any atom is 0.209 e. The van der Waals surface area contributed by atoms with Crippen molar-refractivity contribution in [2.45, 2.75) is 32.2 Å². The van der Waals surface area contributed by atoms with Crippen molar-refractivity contribution < 1.29 is 4.79 Å². The Morgan fingerprint density at radius 3 is 2.86 bits per heavy atom. The third kappa shape index (κ3) is 4.60. The van der Waals surface area contributed by atoms with Crippen molar-refractivity contribution in [2.75, 3.05) is 26.2 Å². The van der Waals surface area contributed by atoms with E-state index in [0.29, 0.717) is 16.1 Å². The van der Waals surface area contributed by atoms with Crippen LogP contribution in [0.25, 0.3) is 0 Å². The third-order valence-corrected chi connectivity index (χ3v) is 4.91. The van der Waals surface area contributed by atoms with Gasteiger partial charge in [-0.25, -0.2) is 0 Å². The summed E-state index contributed by atoms with van der Waals surface area (Å²) in [5.74, 6) is 0. The van der Waals surface area contributed by atoms with E-state index in [-0.39, 0.29) is 0 Å².